The number of carbonyl (C=O) groups is 1. The maximum absolute atomic E-state index is 11.9. The quantitative estimate of drug-likeness (QED) is 0.679. The minimum absolute atomic E-state index is 0.201. The lowest BCUT2D eigenvalue weighted by Gasteiger charge is -2.21. The Hall–Kier alpha value is -1.14. The summed E-state index contributed by atoms with van der Waals surface area (Å²) in [6, 6.07) is 7.75. The number of carbonyl (C=O) groups excluding carboxylic acids is 1. The van der Waals surface area contributed by atoms with E-state index in [0.717, 1.165) is 15.9 Å². The third-order valence-electron chi connectivity index (χ3n) is 3.00. The van der Waals surface area contributed by atoms with Crippen LogP contribution in [0.25, 0.3) is 5.69 Å². The second-order valence-corrected chi connectivity index (χ2v) is 7.26. The first-order valence-electron chi connectivity index (χ1n) is 6.39. The molecule has 2 rings (SSSR count). The monoisotopic (exact) mass is 414 g/mol. The Bertz CT molecular complexity index is 687. The highest BCUT2D eigenvalue weighted by atomic mass is 79.9. The Morgan fingerprint density at radius 1 is 1.24 bits per heavy atom. The summed E-state index contributed by atoms with van der Waals surface area (Å²) in [5.74, 6) is -0.460. The van der Waals surface area contributed by atoms with E-state index < -0.39 is 5.97 Å². The van der Waals surface area contributed by atoms with Crippen molar-refractivity contribution >= 4 is 37.8 Å². The van der Waals surface area contributed by atoms with Gasteiger partial charge in [0.2, 0.25) is 0 Å². The maximum atomic E-state index is 11.9. The minimum Gasteiger partial charge on any atom is -0.464 e. The zero-order valence-corrected chi connectivity index (χ0v) is 15.4. The largest absolute Gasteiger partial charge is 0.464 e. The number of nitrogens with zero attached hydrogens (tertiary/aromatic N) is 2. The predicted molar refractivity (Wildman–Crippen MR) is 89.0 cm³/mol. The van der Waals surface area contributed by atoms with Gasteiger partial charge in [-0.25, -0.2) is 9.48 Å². The summed E-state index contributed by atoms with van der Waals surface area (Å²) in [5, 5.41) is 4.44. The van der Waals surface area contributed by atoms with Gasteiger partial charge in [-0.1, -0.05) is 32.9 Å². The summed E-state index contributed by atoms with van der Waals surface area (Å²) < 4.78 is 8.15. The highest BCUT2D eigenvalue weighted by Gasteiger charge is 2.30. The van der Waals surface area contributed by atoms with Gasteiger partial charge in [0.15, 0.2) is 5.69 Å². The molecule has 0 bridgehead atoms. The molecule has 0 spiro atoms. The first kappa shape index (κ1) is 16.2. The molecule has 1 aromatic heterocycles. The van der Waals surface area contributed by atoms with Crippen molar-refractivity contribution < 1.29 is 9.53 Å². The van der Waals surface area contributed by atoms with Crippen LogP contribution in [-0.2, 0) is 10.2 Å². The first-order chi connectivity index (χ1) is 9.77. The molecule has 0 radical (unpaired) electrons. The second-order valence-electron chi connectivity index (χ2n) is 5.62. The van der Waals surface area contributed by atoms with Crippen molar-refractivity contribution in [1.29, 1.82) is 0 Å². The van der Waals surface area contributed by atoms with E-state index >= 15 is 0 Å². The molecular weight excluding hydrogens is 400 g/mol. The summed E-state index contributed by atoms with van der Waals surface area (Å²) in [6.07, 6.45) is 0. The number of benzene rings is 1. The van der Waals surface area contributed by atoms with Crippen molar-refractivity contribution in [3.63, 3.8) is 0 Å². The summed E-state index contributed by atoms with van der Waals surface area (Å²) >= 11 is 7.03. The Kier molecular flexibility index (Phi) is 4.58. The Morgan fingerprint density at radius 2 is 1.86 bits per heavy atom. The smallest absolute Gasteiger partial charge is 0.359 e. The van der Waals surface area contributed by atoms with Crippen LogP contribution in [0.2, 0.25) is 0 Å². The average Bonchev–Trinajstić information content (AvgIpc) is 2.75. The molecule has 4 nitrogen and oxygen atoms in total. The van der Waals surface area contributed by atoms with Gasteiger partial charge in [-0.2, -0.15) is 5.10 Å². The lowest BCUT2D eigenvalue weighted by molar-refractivity contribution is 0.0592. The number of aromatic nitrogens is 2. The summed E-state index contributed by atoms with van der Waals surface area (Å²) in [5.41, 5.74) is 1.86. The molecule has 0 unspecified atom stereocenters. The minimum atomic E-state index is -0.460. The van der Waals surface area contributed by atoms with Crippen LogP contribution in [0, 0.1) is 0 Å². The van der Waals surface area contributed by atoms with Crippen molar-refractivity contribution in [3.05, 3.63) is 44.6 Å². The van der Waals surface area contributed by atoms with Crippen molar-refractivity contribution in [2.75, 3.05) is 7.11 Å². The van der Waals surface area contributed by atoms with Crippen molar-refractivity contribution in [2.45, 2.75) is 26.2 Å². The molecule has 1 heterocycles. The molecular formula is C15H16Br2N2O2. The molecule has 112 valence electrons. The zero-order valence-electron chi connectivity index (χ0n) is 12.3. The molecule has 6 heteroatoms. The van der Waals surface area contributed by atoms with Gasteiger partial charge < -0.3 is 4.74 Å². The molecule has 21 heavy (non-hydrogen) atoms. The Balaban J connectivity index is 2.77. The molecule has 1 aromatic carbocycles. The van der Waals surface area contributed by atoms with E-state index in [0.29, 0.717) is 4.47 Å². The van der Waals surface area contributed by atoms with Crippen LogP contribution in [0.5, 0.6) is 0 Å². The van der Waals surface area contributed by atoms with Gasteiger partial charge in [-0.15, -0.1) is 0 Å². The van der Waals surface area contributed by atoms with Crippen LogP contribution < -0.4 is 0 Å². The normalized spacial score (nSPS) is 11.5. The predicted octanol–water partition coefficient (Wildman–Crippen LogP) is 4.48. The number of hydrogen-bond acceptors (Lipinski definition) is 3. The molecule has 0 saturated carbocycles. The number of halogens is 2. The van der Waals surface area contributed by atoms with E-state index in [1.807, 2.05) is 24.3 Å². The summed E-state index contributed by atoms with van der Waals surface area (Å²) in [6.45, 7) is 6.22. The number of rotatable bonds is 2. The van der Waals surface area contributed by atoms with Crippen LogP contribution in [-0.4, -0.2) is 22.9 Å². The van der Waals surface area contributed by atoms with Crippen molar-refractivity contribution in [1.82, 2.24) is 9.78 Å². The van der Waals surface area contributed by atoms with Crippen LogP contribution in [0.1, 0.15) is 37.0 Å². The fourth-order valence-corrected chi connectivity index (χ4v) is 3.53. The van der Waals surface area contributed by atoms with E-state index in [4.69, 9.17) is 4.74 Å². The summed E-state index contributed by atoms with van der Waals surface area (Å²) in [7, 11) is 1.35. The van der Waals surface area contributed by atoms with Gasteiger partial charge in [0.05, 0.1) is 23.0 Å². The van der Waals surface area contributed by atoms with Crippen LogP contribution >= 0.6 is 31.9 Å². The highest BCUT2D eigenvalue weighted by molar-refractivity contribution is 9.11. The lowest BCUT2D eigenvalue weighted by Crippen LogP contribution is -2.18. The molecule has 0 N–H and O–H groups in total. The van der Waals surface area contributed by atoms with Crippen molar-refractivity contribution in [3.8, 4) is 5.69 Å². The fourth-order valence-electron chi connectivity index (χ4n) is 2.07. The standard InChI is InChI=1S/C15H16Br2N2O2/c1-15(2,3)13-11(17)12(14(20)21-4)18-19(13)10-8-6-5-7-9(10)16/h5-8H,1-4H3. The SMILES string of the molecule is COC(=O)c1nn(-c2ccccc2Br)c(C(C)(C)C)c1Br. The highest BCUT2D eigenvalue weighted by Crippen LogP contribution is 2.35. The fraction of sp³-hybridized carbons (Fsp3) is 0.333. The molecule has 0 saturated heterocycles. The summed E-state index contributed by atoms with van der Waals surface area (Å²) in [4.78, 5) is 11.9. The van der Waals surface area contributed by atoms with E-state index in [1.165, 1.54) is 7.11 Å². The maximum Gasteiger partial charge on any atom is 0.359 e. The van der Waals surface area contributed by atoms with E-state index in [1.54, 1.807) is 4.68 Å². The Morgan fingerprint density at radius 3 is 2.38 bits per heavy atom. The van der Waals surface area contributed by atoms with Crippen LogP contribution in [0.15, 0.2) is 33.2 Å². The number of hydrogen-bond donors (Lipinski definition) is 0. The average molecular weight is 416 g/mol. The molecule has 0 amide bonds. The van der Waals surface area contributed by atoms with Gasteiger partial charge in [-0.05, 0) is 44.0 Å². The van der Waals surface area contributed by atoms with Crippen LogP contribution in [0.4, 0.5) is 0 Å². The number of esters is 1. The number of para-hydroxylation sites is 1. The van der Waals surface area contributed by atoms with Crippen molar-refractivity contribution in [2.24, 2.45) is 0 Å². The van der Waals surface area contributed by atoms with Gasteiger partial charge >= 0.3 is 5.97 Å². The van der Waals surface area contributed by atoms with E-state index in [9.17, 15) is 4.79 Å². The third kappa shape index (κ3) is 3.06. The van der Waals surface area contributed by atoms with Gasteiger partial charge in [0.1, 0.15) is 0 Å². The van der Waals surface area contributed by atoms with Gasteiger partial charge in [0.25, 0.3) is 0 Å². The number of ether oxygens (including phenoxy) is 1. The van der Waals surface area contributed by atoms with Gasteiger partial charge in [-0.3, -0.25) is 0 Å². The van der Waals surface area contributed by atoms with Gasteiger partial charge in [0, 0.05) is 9.89 Å². The molecule has 0 aliphatic heterocycles. The molecule has 2 aromatic rings. The van der Waals surface area contributed by atoms with E-state index in [2.05, 4.69) is 57.7 Å². The zero-order chi connectivity index (χ0) is 15.8. The molecule has 0 atom stereocenters. The number of methoxy groups -OCH3 is 1. The Labute approximate surface area is 140 Å². The van der Waals surface area contributed by atoms with Crippen LogP contribution in [0.3, 0.4) is 0 Å². The van der Waals surface area contributed by atoms with E-state index in [-0.39, 0.29) is 11.1 Å². The third-order valence-corrected chi connectivity index (χ3v) is 4.42. The topological polar surface area (TPSA) is 44.1 Å². The molecule has 0 aliphatic carbocycles. The second kappa shape index (κ2) is 5.93. The molecule has 0 fully saturated rings. The first-order valence-corrected chi connectivity index (χ1v) is 7.98. The molecule has 0 aliphatic rings. The lowest BCUT2D eigenvalue weighted by atomic mass is 9.91.